The molecule has 0 aliphatic carbocycles. The fraction of sp³-hybridized carbons (Fsp3) is 0.581. The number of aliphatic carboxylic acids is 1. The molecule has 1 aliphatic rings. The molecule has 1 aliphatic heterocycles. The van der Waals surface area contributed by atoms with Crippen molar-refractivity contribution in [2.75, 3.05) is 13.1 Å². The lowest BCUT2D eigenvalue weighted by Crippen LogP contribution is -2.59. The monoisotopic (exact) mass is 689 g/mol. The molecule has 0 aromatic heterocycles. The van der Waals surface area contributed by atoms with E-state index in [1.807, 2.05) is 13.8 Å². The first-order chi connectivity index (χ1) is 23.0. The van der Waals surface area contributed by atoms with Crippen LogP contribution in [0.15, 0.2) is 34.3 Å². The number of aliphatic imine (C=N–C) groups is 2. The first-order valence-corrected chi connectivity index (χ1v) is 16.1. The van der Waals surface area contributed by atoms with Crippen molar-refractivity contribution in [1.82, 2.24) is 20.9 Å². The number of carboxylic acid groups (broad SMARTS) is 1. The van der Waals surface area contributed by atoms with Gasteiger partial charge < -0.3 is 59.7 Å². The van der Waals surface area contributed by atoms with Crippen LogP contribution in [0.25, 0.3) is 0 Å². The Labute approximate surface area is 285 Å². The van der Waals surface area contributed by atoms with E-state index in [2.05, 4.69) is 25.9 Å². The van der Waals surface area contributed by atoms with Gasteiger partial charge in [0.2, 0.25) is 23.6 Å². The maximum atomic E-state index is 13.9. The molecule has 18 nitrogen and oxygen atoms in total. The molecule has 4 amide bonds. The lowest BCUT2D eigenvalue weighted by atomic mass is 9.99. The molecule has 0 spiro atoms. The minimum atomic E-state index is -1.56. The zero-order valence-corrected chi connectivity index (χ0v) is 28.2. The van der Waals surface area contributed by atoms with Crippen LogP contribution < -0.4 is 44.6 Å². The maximum Gasteiger partial charge on any atom is 0.328 e. The van der Waals surface area contributed by atoms with E-state index in [-0.39, 0.29) is 56.6 Å². The van der Waals surface area contributed by atoms with E-state index in [0.717, 1.165) is 0 Å². The van der Waals surface area contributed by atoms with Gasteiger partial charge in [0.1, 0.15) is 18.1 Å². The number of nitrogens with zero attached hydrogens (tertiary/aromatic N) is 3. The number of guanidine groups is 2. The van der Waals surface area contributed by atoms with Crippen molar-refractivity contribution in [2.45, 2.75) is 95.6 Å². The third kappa shape index (κ3) is 13.2. The van der Waals surface area contributed by atoms with Crippen molar-refractivity contribution in [3.63, 3.8) is 0 Å². The van der Waals surface area contributed by atoms with Crippen LogP contribution >= 0.6 is 0 Å². The summed E-state index contributed by atoms with van der Waals surface area (Å²) >= 11 is 0. The molecule has 6 atom stereocenters. The Hall–Kier alpha value is -4.97. The number of aliphatic hydroxyl groups excluding tert-OH is 1. The highest BCUT2D eigenvalue weighted by Gasteiger charge is 2.40. The Kier molecular flexibility index (Phi) is 15.7. The van der Waals surface area contributed by atoms with Gasteiger partial charge in [0.15, 0.2) is 18.0 Å². The molecule has 0 radical (unpaired) electrons. The number of benzene rings is 1. The summed E-state index contributed by atoms with van der Waals surface area (Å²) in [6.45, 7) is 5.42. The number of nitrogens with one attached hydrogen (secondary N) is 3. The van der Waals surface area contributed by atoms with Crippen LogP contribution in [0, 0.1) is 5.92 Å². The maximum absolute atomic E-state index is 13.9. The molecule has 1 fully saturated rings. The van der Waals surface area contributed by atoms with Gasteiger partial charge in [-0.15, -0.1) is 0 Å². The Morgan fingerprint density at radius 3 is 2.12 bits per heavy atom. The molecule has 1 aromatic carbocycles. The summed E-state index contributed by atoms with van der Waals surface area (Å²) in [6.07, 6.45) is 0.230. The molecular weight excluding hydrogens is 638 g/mol. The molecule has 0 bridgehead atoms. The summed E-state index contributed by atoms with van der Waals surface area (Å²) in [5, 5.41) is 27.0. The number of hydrogen-bond acceptors (Lipinski definition) is 9. The summed E-state index contributed by atoms with van der Waals surface area (Å²) in [5.41, 5.74) is 28.8. The van der Waals surface area contributed by atoms with Gasteiger partial charge in [-0.25, -0.2) is 9.79 Å². The first kappa shape index (κ1) is 40.2. The molecule has 1 heterocycles. The van der Waals surface area contributed by atoms with E-state index in [0.29, 0.717) is 24.1 Å². The lowest BCUT2D eigenvalue weighted by molar-refractivity contribution is -0.147. The van der Waals surface area contributed by atoms with E-state index in [4.69, 9.17) is 28.7 Å². The molecule has 15 N–H and O–H groups in total. The standard InChI is InChI=1S/C31H51N11O7/c1-16(2)14-22(28(47)42-13-5-7-23(42)27(46)41-24(17(3)43)29(48)49)40-26(45)21(15-18-8-10-19(11-9-18)38-31(35)36)39-25(44)20(32)6-4-12-37-30(33)34/h8-11,16-17,20-24,43H,4-7,12-15,32H2,1-3H3,(H,39,44)(H,40,45)(H,41,46)(H,48,49)(H4,33,34,37)(H4,35,36,38)/t17-,20+,21+,22+,23+,24+/m1/s1. The van der Waals surface area contributed by atoms with E-state index >= 15 is 0 Å². The van der Waals surface area contributed by atoms with Gasteiger partial charge in [-0.1, -0.05) is 26.0 Å². The number of hydrogen-bond donors (Lipinski definition) is 10. The second kappa shape index (κ2) is 19.1. The first-order valence-electron chi connectivity index (χ1n) is 16.1. The van der Waals surface area contributed by atoms with Gasteiger partial charge >= 0.3 is 5.97 Å². The summed E-state index contributed by atoms with van der Waals surface area (Å²) in [6, 6.07) is 0.854. The zero-order valence-electron chi connectivity index (χ0n) is 28.2. The molecule has 0 saturated carbocycles. The molecule has 1 aromatic rings. The Morgan fingerprint density at radius 1 is 0.939 bits per heavy atom. The topological polar surface area (TPSA) is 320 Å². The third-order valence-corrected chi connectivity index (χ3v) is 7.78. The van der Waals surface area contributed by atoms with Crippen LogP contribution in [-0.4, -0.2) is 106 Å². The number of carbonyl (C=O) groups is 5. The fourth-order valence-electron chi connectivity index (χ4n) is 5.34. The Bertz CT molecular complexity index is 1360. The molecule has 0 unspecified atom stereocenters. The fourth-order valence-corrected chi connectivity index (χ4v) is 5.34. The SMILES string of the molecule is CC(C)C[C@H](NC(=O)[C@H](Cc1ccc(N=C(N)N)cc1)NC(=O)[C@@H](N)CCCN=C(N)N)C(=O)N1CCC[C@H]1C(=O)N[C@H](C(=O)O)[C@@H](C)O. The second-order valence-electron chi connectivity index (χ2n) is 12.5. The van der Waals surface area contributed by atoms with E-state index in [1.54, 1.807) is 24.3 Å². The quantitative estimate of drug-likeness (QED) is 0.0433. The van der Waals surface area contributed by atoms with E-state index in [9.17, 15) is 34.2 Å². The van der Waals surface area contributed by atoms with Gasteiger partial charge in [-0.05, 0) is 62.6 Å². The second-order valence-corrected chi connectivity index (χ2v) is 12.5. The van der Waals surface area contributed by atoms with Gasteiger partial charge in [-0.3, -0.25) is 24.2 Å². The molecule has 1 saturated heterocycles. The van der Waals surface area contributed by atoms with Crippen LogP contribution in [0.2, 0.25) is 0 Å². The summed E-state index contributed by atoms with van der Waals surface area (Å²) in [7, 11) is 0. The molecule has 49 heavy (non-hydrogen) atoms. The molecule has 2 rings (SSSR count). The number of nitrogens with two attached hydrogens (primary N) is 5. The largest absolute Gasteiger partial charge is 0.480 e. The van der Waals surface area contributed by atoms with E-state index < -0.39 is 65.9 Å². The molecule has 272 valence electrons. The van der Waals surface area contributed by atoms with Crippen LogP contribution in [0.4, 0.5) is 5.69 Å². The van der Waals surface area contributed by atoms with Crippen LogP contribution in [0.1, 0.15) is 58.4 Å². The number of amides is 4. The van der Waals surface area contributed by atoms with Crippen LogP contribution in [-0.2, 0) is 30.4 Å². The van der Waals surface area contributed by atoms with Gasteiger partial charge in [0.25, 0.3) is 0 Å². The van der Waals surface area contributed by atoms with Gasteiger partial charge in [0, 0.05) is 19.5 Å². The van der Waals surface area contributed by atoms with Crippen LogP contribution in [0.3, 0.4) is 0 Å². The number of carbonyl (C=O) groups excluding carboxylic acids is 4. The van der Waals surface area contributed by atoms with Crippen molar-refractivity contribution >= 4 is 47.2 Å². The summed E-state index contributed by atoms with van der Waals surface area (Å²) in [4.78, 5) is 74.7. The number of rotatable bonds is 18. The van der Waals surface area contributed by atoms with Crippen molar-refractivity contribution in [3.05, 3.63) is 29.8 Å². The Morgan fingerprint density at radius 2 is 1.57 bits per heavy atom. The van der Waals surface area contributed by atoms with Crippen molar-refractivity contribution in [2.24, 2.45) is 44.6 Å². The summed E-state index contributed by atoms with van der Waals surface area (Å²) < 4.78 is 0. The van der Waals surface area contributed by atoms with Crippen LogP contribution in [0.5, 0.6) is 0 Å². The van der Waals surface area contributed by atoms with Gasteiger partial charge in [0.05, 0.1) is 17.8 Å². The van der Waals surface area contributed by atoms with Crippen molar-refractivity contribution in [3.8, 4) is 0 Å². The molecule has 18 heteroatoms. The smallest absolute Gasteiger partial charge is 0.328 e. The number of carboxylic acids is 1. The average Bonchev–Trinajstić information content (AvgIpc) is 3.51. The average molecular weight is 690 g/mol. The molecular formula is C31H51N11O7. The number of aliphatic hydroxyl groups is 1. The summed E-state index contributed by atoms with van der Waals surface area (Å²) in [5.74, 6) is -4.22. The minimum absolute atomic E-state index is 0.0215. The Balaban J connectivity index is 2.31. The highest BCUT2D eigenvalue weighted by molar-refractivity contribution is 5.96. The normalized spacial score (nSPS) is 17.2. The lowest BCUT2D eigenvalue weighted by Gasteiger charge is -2.31. The minimum Gasteiger partial charge on any atom is -0.480 e. The highest BCUT2D eigenvalue weighted by atomic mass is 16.4. The predicted molar refractivity (Wildman–Crippen MR) is 183 cm³/mol. The van der Waals surface area contributed by atoms with Crippen molar-refractivity contribution < 1.29 is 34.2 Å². The highest BCUT2D eigenvalue weighted by Crippen LogP contribution is 2.21. The predicted octanol–water partition coefficient (Wildman–Crippen LogP) is -2.53. The number of likely N-dealkylation sites (tertiary alicyclic amines) is 1. The van der Waals surface area contributed by atoms with Crippen molar-refractivity contribution in [1.29, 1.82) is 0 Å². The third-order valence-electron chi connectivity index (χ3n) is 7.78. The van der Waals surface area contributed by atoms with E-state index in [1.165, 1.54) is 11.8 Å². The zero-order chi connectivity index (χ0) is 36.8. The van der Waals surface area contributed by atoms with Gasteiger partial charge in [-0.2, -0.15) is 0 Å².